The quantitative estimate of drug-likeness (QED) is 0.828. The molecule has 110 valence electrons. The van der Waals surface area contributed by atoms with Crippen LogP contribution in [-0.2, 0) is 6.42 Å². The largest absolute Gasteiger partial charge is 0.314 e. The van der Waals surface area contributed by atoms with Crippen molar-refractivity contribution in [2.24, 2.45) is 0 Å². The molecule has 1 aliphatic rings. The van der Waals surface area contributed by atoms with Gasteiger partial charge in [-0.25, -0.2) is 4.39 Å². The highest BCUT2D eigenvalue weighted by molar-refractivity contribution is 9.10. The molecule has 0 spiro atoms. The van der Waals surface area contributed by atoms with Gasteiger partial charge in [-0.1, -0.05) is 46.3 Å². The van der Waals surface area contributed by atoms with Crippen molar-refractivity contribution in [1.29, 1.82) is 0 Å². The van der Waals surface area contributed by atoms with Crippen molar-refractivity contribution in [3.05, 3.63) is 69.9 Å². The molecule has 1 aliphatic carbocycles. The molecule has 0 amide bonds. The molecule has 3 heteroatoms. The number of halogens is 2. The lowest BCUT2D eigenvalue weighted by Crippen LogP contribution is -2.41. The monoisotopic (exact) mass is 347 g/mol. The third-order valence-corrected chi connectivity index (χ3v) is 4.74. The summed E-state index contributed by atoms with van der Waals surface area (Å²) in [5, 5.41) is 3.53. The Bertz CT molecular complexity index is 608. The minimum absolute atomic E-state index is 0.0973. The highest BCUT2D eigenvalue weighted by Crippen LogP contribution is 2.37. The van der Waals surface area contributed by atoms with E-state index in [-0.39, 0.29) is 5.82 Å². The third kappa shape index (κ3) is 3.72. The van der Waals surface area contributed by atoms with Gasteiger partial charge in [0.15, 0.2) is 0 Å². The normalized spacial score (nSPS) is 21.0. The van der Waals surface area contributed by atoms with E-state index in [2.05, 4.69) is 45.5 Å². The van der Waals surface area contributed by atoms with Gasteiger partial charge < -0.3 is 5.32 Å². The zero-order chi connectivity index (χ0) is 14.7. The fourth-order valence-corrected chi connectivity index (χ4v) is 3.35. The third-order valence-electron chi connectivity index (χ3n) is 4.24. The molecule has 2 aromatic carbocycles. The molecule has 0 radical (unpaired) electrons. The van der Waals surface area contributed by atoms with Crippen LogP contribution < -0.4 is 5.32 Å². The van der Waals surface area contributed by atoms with Gasteiger partial charge in [0.05, 0.1) is 0 Å². The smallest absolute Gasteiger partial charge is 0.126 e. The zero-order valence-electron chi connectivity index (χ0n) is 11.9. The van der Waals surface area contributed by atoms with Gasteiger partial charge in [-0.05, 0) is 61.1 Å². The first-order valence-corrected chi connectivity index (χ1v) is 8.24. The van der Waals surface area contributed by atoms with Crippen LogP contribution >= 0.6 is 15.9 Å². The molecular formula is C18H19BrFN. The van der Waals surface area contributed by atoms with Crippen LogP contribution in [0.2, 0.25) is 0 Å². The summed E-state index contributed by atoms with van der Waals surface area (Å²) in [5.74, 6) is 0.563. The molecule has 0 heterocycles. The molecule has 0 bridgehead atoms. The molecular weight excluding hydrogens is 329 g/mol. The van der Waals surface area contributed by atoms with Gasteiger partial charge in [0, 0.05) is 10.5 Å². The molecule has 0 aromatic heterocycles. The number of rotatable bonds is 5. The summed E-state index contributed by atoms with van der Waals surface area (Å²) in [5.41, 5.74) is 2.21. The second-order valence-electron chi connectivity index (χ2n) is 5.72. The molecule has 1 N–H and O–H groups in total. The Kier molecular flexibility index (Phi) is 4.71. The number of nitrogens with one attached hydrogen (secondary N) is 1. The number of benzene rings is 2. The maximum absolute atomic E-state index is 13.5. The minimum Gasteiger partial charge on any atom is -0.314 e. The summed E-state index contributed by atoms with van der Waals surface area (Å²) in [7, 11) is 0. The Balaban J connectivity index is 1.42. The maximum Gasteiger partial charge on any atom is 0.126 e. The molecule has 1 saturated carbocycles. The predicted octanol–water partition coefficient (Wildman–Crippen LogP) is 4.67. The van der Waals surface area contributed by atoms with Crippen molar-refractivity contribution in [3.63, 3.8) is 0 Å². The summed E-state index contributed by atoms with van der Waals surface area (Å²) >= 11 is 3.52. The second kappa shape index (κ2) is 6.71. The van der Waals surface area contributed by atoms with E-state index in [0.29, 0.717) is 12.0 Å². The highest BCUT2D eigenvalue weighted by atomic mass is 79.9. The number of hydrogen-bond acceptors (Lipinski definition) is 1. The van der Waals surface area contributed by atoms with Gasteiger partial charge >= 0.3 is 0 Å². The SMILES string of the molecule is Fc1ccccc1CCNC1CC(c2cccc(Br)c2)C1. The van der Waals surface area contributed by atoms with E-state index in [1.165, 1.54) is 24.5 Å². The van der Waals surface area contributed by atoms with Crippen molar-refractivity contribution in [1.82, 2.24) is 5.32 Å². The second-order valence-corrected chi connectivity index (χ2v) is 6.63. The lowest BCUT2D eigenvalue weighted by molar-refractivity contribution is 0.292. The van der Waals surface area contributed by atoms with Crippen molar-refractivity contribution in [2.75, 3.05) is 6.54 Å². The fraction of sp³-hybridized carbons (Fsp3) is 0.333. The molecule has 21 heavy (non-hydrogen) atoms. The Morgan fingerprint density at radius 1 is 1.10 bits per heavy atom. The summed E-state index contributed by atoms with van der Waals surface area (Å²) in [6.07, 6.45) is 3.10. The van der Waals surface area contributed by atoms with Crippen LogP contribution in [-0.4, -0.2) is 12.6 Å². The van der Waals surface area contributed by atoms with Crippen LogP contribution in [0.3, 0.4) is 0 Å². The van der Waals surface area contributed by atoms with E-state index < -0.39 is 0 Å². The molecule has 0 aliphatic heterocycles. The van der Waals surface area contributed by atoms with Crippen LogP contribution in [0.4, 0.5) is 4.39 Å². The van der Waals surface area contributed by atoms with Gasteiger partial charge in [0.25, 0.3) is 0 Å². The Labute approximate surface area is 133 Å². The lowest BCUT2D eigenvalue weighted by atomic mass is 9.76. The van der Waals surface area contributed by atoms with E-state index >= 15 is 0 Å². The van der Waals surface area contributed by atoms with Gasteiger partial charge in [-0.2, -0.15) is 0 Å². The zero-order valence-corrected chi connectivity index (χ0v) is 13.4. The highest BCUT2D eigenvalue weighted by Gasteiger charge is 2.29. The van der Waals surface area contributed by atoms with Crippen molar-refractivity contribution < 1.29 is 4.39 Å². The van der Waals surface area contributed by atoms with Crippen molar-refractivity contribution in [3.8, 4) is 0 Å². The molecule has 0 unspecified atom stereocenters. The first kappa shape index (κ1) is 14.7. The van der Waals surface area contributed by atoms with Gasteiger partial charge in [0.1, 0.15) is 5.82 Å². The van der Waals surface area contributed by atoms with E-state index in [9.17, 15) is 4.39 Å². The summed E-state index contributed by atoms with van der Waals surface area (Å²) in [6.45, 7) is 0.844. The maximum atomic E-state index is 13.5. The van der Waals surface area contributed by atoms with Crippen LogP contribution in [0.5, 0.6) is 0 Å². The molecule has 2 aromatic rings. The van der Waals surface area contributed by atoms with E-state index in [1.807, 2.05) is 12.1 Å². The average Bonchev–Trinajstić information content (AvgIpc) is 2.43. The topological polar surface area (TPSA) is 12.0 Å². The first-order valence-electron chi connectivity index (χ1n) is 7.44. The molecule has 0 saturated heterocycles. The molecule has 3 rings (SSSR count). The first-order chi connectivity index (χ1) is 10.2. The standard InChI is InChI=1S/C18H19BrFN/c19-16-6-3-5-14(10-16)15-11-17(12-15)21-9-8-13-4-1-2-7-18(13)20/h1-7,10,15,17,21H,8-9,11-12H2. The summed E-state index contributed by atoms with van der Waals surface area (Å²) in [4.78, 5) is 0. The van der Waals surface area contributed by atoms with Crippen LogP contribution in [0.25, 0.3) is 0 Å². The average molecular weight is 348 g/mol. The van der Waals surface area contributed by atoms with Gasteiger partial charge in [-0.3, -0.25) is 0 Å². The number of hydrogen-bond donors (Lipinski definition) is 1. The predicted molar refractivity (Wildman–Crippen MR) is 88.0 cm³/mol. The Morgan fingerprint density at radius 2 is 1.90 bits per heavy atom. The Hall–Kier alpha value is -1.19. The molecule has 1 nitrogen and oxygen atoms in total. The van der Waals surface area contributed by atoms with Crippen LogP contribution in [0.15, 0.2) is 53.0 Å². The summed E-state index contributed by atoms with van der Waals surface area (Å²) < 4.78 is 14.6. The van der Waals surface area contributed by atoms with Crippen LogP contribution in [0.1, 0.15) is 29.9 Å². The van der Waals surface area contributed by atoms with Gasteiger partial charge in [-0.15, -0.1) is 0 Å². The van der Waals surface area contributed by atoms with E-state index in [0.717, 1.165) is 23.0 Å². The van der Waals surface area contributed by atoms with Crippen molar-refractivity contribution in [2.45, 2.75) is 31.2 Å². The molecule has 0 atom stereocenters. The molecule has 1 fully saturated rings. The van der Waals surface area contributed by atoms with Crippen LogP contribution in [0, 0.1) is 5.82 Å². The van der Waals surface area contributed by atoms with Crippen molar-refractivity contribution >= 4 is 15.9 Å². The fourth-order valence-electron chi connectivity index (χ4n) is 2.93. The summed E-state index contributed by atoms with van der Waals surface area (Å²) in [6, 6.07) is 16.2. The lowest BCUT2D eigenvalue weighted by Gasteiger charge is -2.36. The van der Waals surface area contributed by atoms with E-state index in [4.69, 9.17) is 0 Å². The van der Waals surface area contributed by atoms with E-state index in [1.54, 1.807) is 6.07 Å². The minimum atomic E-state index is -0.0973. The Morgan fingerprint density at radius 3 is 2.67 bits per heavy atom. The van der Waals surface area contributed by atoms with Gasteiger partial charge in [0.2, 0.25) is 0 Å².